The van der Waals surface area contributed by atoms with Gasteiger partial charge in [0, 0.05) is 18.0 Å². The van der Waals surface area contributed by atoms with E-state index in [1.807, 2.05) is 7.05 Å². The zero-order chi connectivity index (χ0) is 11.3. The number of furan rings is 1. The van der Waals surface area contributed by atoms with Gasteiger partial charge >= 0.3 is 0 Å². The fraction of sp³-hybridized carbons (Fsp3) is 0.692. The molecule has 0 saturated heterocycles. The number of aryl methyl sites for hydroxylation is 1. The van der Waals surface area contributed by atoms with Crippen LogP contribution in [-0.4, -0.2) is 7.05 Å². The maximum absolute atomic E-state index is 5.50. The van der Waals surface area contributed by atoms with Crippen LogP contribution in [-0.2, 0) is 6.42 Å². The first-order valence-electron chi connectivity index (χ1n) is 6.01. The Morgan fingerprint density at radius 3 is 2.40 bits per heavy atom. The highest BCUT2D eigenvalue weighted by atomic mass is 16.3. The molecule has 0 aliphatic rings. The van der Waals surface area contributed by atoms with Gasteiger partial charge < -0.3 is 9.73 Å². The summed E-state index contributed by atoms with van der Waals surface area (Å²) in [6, 6.07) is 2.55. The number of nitrogens with one attached hydrogen (secondary N) is 1. The van der Waals surface area contributed by atoms with Crippen molar-refractivity contribution in [2.75, 3.05) is 7.05 Å². The highest BCUT2D eigenvalue weighted by molar-refractivity contribution is 5.22. The van der Waals surface area contributed by atoms with Gasteiger partial charge in [-0.25, -0.2) is 0 Å². The maximum atomic E-state index is 5.50. The van der Waals surface area contributed by atoms with Gasteiger partial charge in [0.05, 0.1) is 6.26 Å². The molecule has 15 heavy (non-hydrogen) atoms. The molecule has 86 valence electrons. The first-order valence-corrected chi connectivity index (χ1v) is 6.01. The van der Waals surface area contributed by atoms with E-state index in [-0.39, 0.29) is 0 Å². The summed E-state index contributed by atoms with van der Waals surface area (Å²) in [6.07, 6.45) is 5.19. The van der Waals surface area contributed by atoms with Crippen LogP contribution in [0, 0.1) is 5.92 Å². The highest BCUT2D eigenvalue weighted by Crippen LogP contribution is 2.30. The Morgan fingerprint density at radius 2 is 1.93 bits per heavy atom. The van der Waals surface area contributed by atoms with Crippen LogP contribution in [0.1, 0.15) is 51.0 Å². The summed E-state index contributed by atoms with van der Waals surface area (Å²) in [5, 5.41) is 3.42. The molecule has 0 saturated carbocycles. The largest absolute Gasteiger partial charge is 0.469 e. The smallest absolute Gasteiger partial charge is 0.108 e. The van der Waals surface area contributed by atoms with Crippen LogP contribution in [0.25, 0.3) is 0 Å². The third kappa shape index (κ3) is 2.63. The molecule has 0 radical (unpaired) electrons. The van der Waals surface area contributed by atoms with Gasteiger partial charge in [0.15, 0.2) is 0 Å². The van der Waals surface area contributed by atoms with Crippen molar-refractivity contribution in [3.05, 3.63) is 23.7 Å². The molecule has 1 aromatic heterocycles. The molecular weight excluding hydrogens is 186 g/mol. The van der Waals surface area contributed by atoms with Crippen LogP contribution in [0.3, 0.4) is 0 Å². The summed E-state index contributed by atoms with van der Waals surface area (Å²) in [7, 11) is 2.04. The zero-order valence-corrected chi connectivity index (χ0v) is 10.3. The Kier molecular flexibility index (Phi) is 4.89. The van der Waals surface area contributed by atoms with Crippen molar-refractivity contribution in [3.63, 3.8) is 0 Å². The van der Waals surface area contributed by atoms with Crippen LogP contribution < -0.4 is 5.32 Å². The topological polar surface area (TPSA) is 25.2 Å². The van der Waals surface area contributed by atoms with Crippen molar-refractivity contribution in [1.29, 1.82) is 0 Å². The van der Waals surface area contributed by atoms with Crippen LogP contribution in [0.5, 0.6) is 0 Å². The molecule has 1 N–H and O–H groups in total. The van der Waals surface area contributed by atoms with Gasteiger partial charge in [0.25, 0.3) is 0 Å². The van der Waals surface area contributed by atoms with Crippen LogP contribution >= 0.6 is 0 Å². The lowest BCUT2D eigenvalue weighted by atomic mass is 9.89. The monoisotopic (exact) mass is 209 g/mol. The van der Waals surface area contributed by atoms with Gasteiger partial charge in [-0.1, -0.05) is 33.6 Å². The molecule has 0 spiro atoms. The van der Waals surface area contributed by atoms with E-state index in [4.69, 9.17) is 4.42 Å². The SMILES string of the molecule is CCc1occc1C(NC)C(CC)CC. The molecule has 0 aromatic carbocycles. The van der Waals surface area contributed by atoms with Gasteiger partial charge in [0.2, 0.25) is 0 Å². The van der Waals surface area contributed by atoms with Crippen LogP contribution in [0.2, 0.25) is 0 Å². The molecule has 1 aromatic rings. The first-order chi connectivity index (χ1) is 7.28. The molecule has 0 fully saturated rings. The predicted molar refractivity (Wildman–Crippen MR) is 64.0 cm³/mol. The van der Waals surface area contributed by atoms with Crippen molar-refractivity contribution in [2.45, 2.75) is 46.1 Å². The van der Waals surface area contributed by atoms with E-state index >= 15 is 0 Å². The van der Waals surface area contributed by atoms with E-state index in [0.29, 0.717) is 12.0 Å². The van der Waals surface area contributed by atoms with Gasteiger partial charge in [0.1, 0.15) is 5.76 Å². The second-order valence-electron chi connectivity index (χ2n) is 4.00. The standard InChI is InChI=1S/C13H23NO/c1-5-10(6-2)13(14-4)11-8-9-15-12(11)7-3/h8-10,13-14H,5-7H2,1-4H3. The normalized spacial score (nSPS) is 13.4. The zero-order valence-electron chi connectivity index (χ0n) is 10.3. The lowest BCUT2D eigenvalue weighted by molar-refractivity contribution is 0.353. The molecule has 0 amide bonds. The average molecular weight is 209 g/mol. The van der Waals surface area contributed by atoms with Crippen LogP contribution in [0.15, 0.2) is 16.7 Å². The van der Waals surface area contributed by atoms with E-state index in [2.05, 4.69) is 32.2 Å². The minimum Gasteiger partial charge on any atom is -0.469 e. The fourth-order valence-corrected chi connectivity index (χ4v) is 2.32. The number of hydrogen-bond acceptors (Lipinski definition) is 2. The van der Waals surface area contributed by atoms with Gasteiger partial charge in [-0.3, -0.25) is 0 Å². The molecule has 1 rings (SSSR count). The minimum atomic E-state index is 0.439. The summed E-state index contributed by atoms with van der Waals surface area (Å²) in [5.74, 6) is 1.82. The average Bonchev–Trinajstić information content (AvgIpc) is 2.73. The second-order valence-corrected chi connectivity index (χ2v) is 4.00. The Balaban J connectivity index is 2.90. The third-order valence-electron chi connectivity index (χ3n) is 3.27. The number of hydrogen-bond donors (Lipinski definition) is 1. The second kappa shape index (κ2) is 5.96. The summed E-state index contributed by atoms with van der Waals surface area (Å²) in [4.78, 5) is 0. The molecule has 1 heterocycles. The van der Waals surface area contributed by atoms with E-state index in [1.165, 1.54) is 18.4 Å². The summed E-state index contributed by atoms with van der Waals surface area (Å²) >= 11 is 0. The van der Waals surface area contributed by atoms with Crippen molar-refractivity contribution < 1.29 is 4.42 Å². The first kappa shape index (κ1) is 12.3. The third-order valence-corrected chi connectivity index (χ3v) is 3.27. The molecule has 2 heteroatoms. The molecule has 0 aliphatic heterocycles. The molecule has 2 nitrogen and oxygen atoms in total. The summed E-state index contributed by atoms with van der Waals surface area (Å²) in [5.41, 5.74) is 1.34. The predicted octanol–water partition coefficient (Wildman–Crippen LogP) is 3.54. The van der Waals surface area contributed by atoms with E-state index < -0.39 is 0 Å². The number of rotatable bonds is 6. The van der Waals surface area contributed by atoms with Crippen molar-refractivity contribution in [3.8, 4) is 0 Å². The minimum absolute atomic E-state index is 0.439. The Morgan fingerprint density at radius 1 is 1.27 bits per heavy atom. The Bertz CT molecular complexity index is 276. The molecular formula is C13H23NO. The van der Waals surface area contributed by atoms with Gasteiger partial charge in [-0.15, -0.1) is 0 Å². The fourth-order valence-electron chi connectivity index (χ4n) is 2.32. The molecule has 1 unspecified atom stereocenters. The van der Waals surface area contributed by atoms with Crippen molar-refractivity contribution in [1.82, 2.24) is 5.32 Å². The maximum Gasteiger partial charge on any atom is 0.108 e. The van der Waals surface area contributed by atoms with E-state index in [9.17, 15) is 0 Å². The van der Waals surface area contributed by atoms with Gasteiger partial charge in [-0.2, -0.15) is 0 Å². The van der Waals surface area contributed by atoms with E-state index in [0.717, 1.165) is 12.2 Å². The van der Waals surface area contributed by atoms with E-state index in [1.54, 1.807) is 6.26 Å². The van der Waals surface area contributed by atoms with Crippen molar-refractivity contribution in [2.24, 2.45) is 5.92 Å². The Hall–Kier alpha value is -0.760. The van der Waals surface area contributed by atoms with Crippen LogP contribution in [0.4, 0.5) is 0 Å². The molecule has 0 bridgehead atoms. The summed E-state index contributed by atoms with van der Waals surface area (Å²) in [6.45, 7) is 6.65. The summed E-state index contributed by atoms with van der Waals surface area (Å²) < 4.78 is 5.50. The Labute approximate surface area is 93.1 Å². The lowest BCUT2D eigenvalue weighted by Crippen LogP contribution is -2.25. The highest BCUT2D eigenvalue weighted by Gasteiger charge is 2.22. The van der Waals surface area contributed by atoms with Gasteiger partial charge in [-0.05, 0) is 19.0 Å². The quantitative estimate of drug-likeness (QED) is 0.775. The van der Waals surface area contributed by atoms with Crippen molar-refractivity contribution >= 4 is 0 Å². The molecule has 0 aliphatic carbocycles. The molecule has 1 atom stereocenters. The lowest BCUT2D eigenvalue weighted by Gasteiger charge is -2.24.